The van der Waals surface area contributed by atoms with Crippen LogP contribution in [0.3, 0.4) is 0 Å². The number of carbonyl (C=O) groups excluding carboxylic acids is 2. The smallest absolute Gasteiger partial charge is 0.261 e. The van der Waals surface area contributed by atoms with E-state index in [1.165, 1.54) is 14.0 Å². The van der Waals surface area contributed by atoms with Gasteiger partial charge in [-0.1, -0.05) is 93.6 Å². The number of methoxy groups -OCH3 is 1. The van der Waals surface area contributed by atoms with Crippen molar-refractivity contribution in [3.05, 3.63) is 84.4 Å². The minimum absolute atomic E-state index is 0.124. The molecular formula is C29H36N2O5Si. The molecule has 0 bridgehead atoms. The van der Waals surface area contributed by atoms with Crippen LogP contribution in [0.2, 0.25) is 5.04 Å². The Hall–Kier alpha value is -3.46. The Morgan fingerprint density at radius 3 is 1.95 bits per heavy atom. The lowest BCUT2D eigenvalue weighted by Gasteiger charge is -2.43. The Labute approximate surface area is 220 Å². The van der Waals surface area contributed by atoms with Gasteiger partial charge in [-0.2, -0.15) is 0 Å². The number of carbonyl (C=O) groups is 2. The Bertz CT molecular complexity index is 1160. The van der Waals surface area contributed by atoms with E-state index in [-0.39, 0.29) is 17.6 Å². The summed E-state index contributed by atoms with van der Waals surface area (Å²) < 4.78 is 12.7. The molecule has 2 amide bonds. The zero-order chi connectivity index (χ0) is 27.1. The number of benzene rings is 3. The van der Waals surface area contributed by atoms with E-state index >= 15 is 0 Å². The van der Waals surface area contributed by atoms with Crippen LogP contribution in [0.4, 0.5) is 5.69 Å². The fourth-order valence-corrected chi connectivity index (χ4v) is 9.34. The third kappa shape index (κ3) is 6.27. The fourth-order valence-electron chi connectivity index (χ4n) is 4.76. The van der Waals surface area contributed by atoms with Crippen molar-refractivity contribution < 1.29 is 23.9 Å². The predicted molar refractivity (Wildman–Crippen MR) is 149 cm³/mol. The molecular weight excluding hydrogens is 484 g/mol. The molecule has 0 aromatic heterocycles. The van der Waals surface area contributed by atoms with Crippen LogP contribution >= 0.6 is 0 Å². The molecule has 0 unspecified atom stereocenters. The quantitative estimate of drug-likeness (QED) is 0.356. The first-order chi connectivity index (χ1) is 17.6. The number of nitrogens with one attached hydrogen (secondary N) is 2. The largest absolute Gasteiger partial charge is 0.494 e. The highest BCUT2D eigenvalue weighted by Gasteiger charge is 2.50. The third-order valence-electron chi connectivity index (χ3n) is 6.30. The van der Waals surface area contributed by atoms with E-state index in [9.17, 15) is 14.7 Å². The predicted octanol–water partition coefficient (Wildman–Crippen LogP) is 3.38. The Kier molecular flexibility index (Phi) is 9.26. The van der Waals surface area contributed by atoms with Crippen molar-refractivity contribution in [2.45, 2.75) is 38.8 Å². The molecule has 7 nitrogen and oxygen atoms in total. The van der Waals surface area contributed by atoms with Crippen LogP contribution in [-0.4, -0.2) is 45.6 Å². The van der Waals surface area contributed by atoms with Gasteiger partial charge in [0.2, 0.25) is 11.8 Å². The van der Waals surface area contributed by atoms with E-state index in [0.29, 0.717) is 17.0 Å². The summed E-state index contributed by atoms with van der Waals surface area (Å²) in [6, 6.07) is 25.1. The average molecular weight is 521 g/mol. The van der Waals surface area contributed by atoms with Gasteiger partial charge in [-0.3, -0.25) is 9.59 Å². The summed E-state index contributed by atoms with van der Waals surface area (Å²) in [5.74, 6) is -0.357. The number of ether oxygens (including phenoxy) is 1. The van der Waals surface area contributed by atoms with E-state index in [4.69, 9.17) is 9.16 Å². The molecule has 0 saturated carbocycles. The highest BCUT2D eigenvalue weighted by molar-refractivity contribution is 6.99. The molecule has 0 aliphatic rings. The lowest BCUT2D eigenvalue weighted by atomic mass is 10.0. The molecule has 8 heteroatoms. The van der Waals surface area contributed by atoms with E-state index < -0.39 is 26.9 Å². The van der Waals surface area contributed by atoms with Crippen molar-refractivity contribution in [2.24, 2.45) is 0 Å². The van der Waals surface area contributed by atoms with E-state index in [2.05, 4.69) is 55.7 Å². The maximum absolute atomic E-state index is 12.4. The lowest BCUT2D eigenvalue weighted by molar-refractivity contribution is -0.124. The fraction of sp³-hybridized carbons (Fsp3) is 0.310. The Morgan fingerprint density at radius 2 is 1.49 bits per heavy atom. The highest BCUT2D eigenvalue weighted by Crippen LogP contribution is 2.39. The average Bonchev–Trinajstić information content (AvgIpc) is 2.88. The number of aliphatic hydroxyl groups is 1. The van der Waals surface area contributed by atoms with E-state index in [0.717, 1.165) is 10.4 Å². The van der Waals surface area contributed by atoms with Gasteiger partial charge in [-0.15, -0.1) is 0 Å². The van der Waals surface area contributed by atoms with Crippen LogP contribution in [0, 0.1) is 0 Å². The minimum atomic E-state index is -2.90. The molecule has 0 saturated heterocycles. The van der Waals surface area contributed by atoms with Crippen molar-refractivity contribution in [2.75, 3.05) is 25.6 Å². The van der Waals surface area contributed by atoms with Crippen LogP contribution in [0.15, 0.2) is 78.9 Å². The minimum Gasteiger partial charge on any atom is -0.494 e. The summed E-state index contributed by atoms with van der Waals surface area (Å²) in [5, 5.41) is 17.1. The molecule has 3 N–H and O–H groups in total. The summed E-state index contributed by atoms with van der Waals surface area (Å²) >= 11 is 0. The Morgan fingerprint density at radius 1 is 0.919 bits per heavy atom. The van der Waals surface area contributed by atoms with Crippen molar-refractivity contribution in [1.82, 2.24) is 5.32 Å². The Balaban J connectivity index is 2.14. The monoisotopic (exact) mass is 520 g/mol. The second-order valence-electron chi connectivity index (χ2n) is 9.86. The molecule has 0 fully saturated rings. The molecule has 37 heavy (non-hydrogen) atoms. The molecule has 0 aliphatic heterocycles. The number of anilines is 1. The molecule has 0 aliphatic carbocycles. The number of amides is 2. The second-order valence-corrected chi connectivity index (χ2v) is 14.2. The van der Waals surface area contributed by atoms with Gasteiger partial charge in [0.05, 0.1) is 25.4 Å². The molecule has 3 aromatic rings. The van der Waals surface area contributed by atoms with Crippen molar-refractivity contribution >= 4 is 36.2 Å². The van der Waals surface area contributed by atoms with Gasteiger partial charge in [0.15, 0.2) is 0 Å². The first-order valence-corrected chi connectivity index (χ1v) is 14.1. The van der Waals surface area contributed by atoms with Gasteiger partial charge < -0.3 is 24.9 Å². The van der Waals surface area contributed by atoms with Gasteiger partial charge in [-0.05, 0) is 21.5 Å². The number of para-hydroxylation sites is 1. The van der Waals surface area contributed by atoms with E-state index in [1.807, 2.05) is 42.5 Å². The summed E-state index contributed by atoms with van der Waals surface area (Å²) in [6.45, 7) is 7.42. The molecule has 0 spiro atoms. The van der Waals surface area contributed by atoms with Gasteiger partial charge >= 0.3 is 0 Å². The second kappa shape index (κ2) is 12.2. The van der Waals surface area contributed by atoms with Gasteiger partial charge in [0.25, 0.3) is 8.32 Å². The summed E-state index contributed by atoms with van der Waals surface area (Å²) in [4.78, 5) is 24.2. The SMILES string of the molecule is COc1c(NC(C)=O)cccc1[C@H](CO[Si](c1ccccc1)(c1ccccc1)C(C)(C)C)NC(=O)CO. The lowest BCUT2D eigenvalue weighted by Crippen LogP contribution is -2.67. The maximum atomic E-state index is 12.4. The zero-order valence-corrected chi connectivity index (χ0v) is 23.1. The molecule has 0 radical (unpaired) electrons. The molecule has 196 valence electrons. The number of aliphatic hydroxyl groups excluding tert-OH is 1. The summed E-state index contributed by atoms with van der Waals surface area (Å²) in [7, 11) is -1.39. The van der Waals surface area contributed by atoms with Crippen LogP contribution in [0.5, 0.6) is 5.75 Å². The van der Waals surface area contributed by atoms with Crippen LogP contribution in [0.25, 0.3) is 0 Å². The standard InChI is InChI=1S/C29H36N2O5Si/c1-21(33)30-25-18-12-17-24(28(25)35-5)26(31-27(34)19-32)20-36-37(29(2,3)4,22-13-8-6-9-14-22)23-15-10-7-11-16-23/h6-18,26,32H,19-20H2,1-5H3,(H,30,33)(H,31,34)/t26-/m0/s1. The van der Waals surface area contributed by atoms with Crippen LogP contribution in [-0.2, 0) is 14.0 Å². The topological polar surface area (TPSA) is 96.9 Å². The van der Waals surface area contributed by atoms with Crippen LogP contribution < -0.4 is 25.7 Å². The van der Waals surface area contributed by atoms with Crippen LogP contribution in [0.1, 0.15) is 39.3 Å². The molecule has 1 atom stereocenters. The molecule has 3 rings (SSSR count). The van der Waals surface area contributed by atoms with E-state index in [1.54, 1.807) is 12.1 Å². The molecule has 0 heterocycles. The zero-order valence-electron chi connectivity index (χ0n) is 22.1. The van der Waals surface area contributed by atoms with Crippen molar-refractivity contribution in [1.29, 1.82) is 0 Å². The van der Waals surface area contributed by atoms with Gasteiger partial charge in [0.1, 0.15) is 12.4 Å². The highest BCUT2D eigenvalue weighted by atomic mass is 28.4. The van der Waals surface area contributed by atoms with Gasteiger partial charge in [-0.25, -0.2) is 0 Å². The third-order valence-corrected chi connectivity index (χ3v) is 11.3. The van der Waals surface area contributed by atoms with Crippen molar-refractivity contribution in [3.63, 3.8) is 0 Å². The number of rotatable bonds is 10. The first kappa shape index (κ1) is 28.1. The first-order valence-electron chi connectivity index (χ1n) is 12.2. The summed E-state index contributed by atoms with van der Waals surface area (Å²) in [5.41, 5.74) is 1.12. The number of hydrogen-bond donors (Lipinski definition) is 3. The van der Waals surface area contributed by atoms with Crippen molar-refractivity contribution in [3.8, 4) is 5.75 Å². The van der Waals surface area contributed by atoms with Gasteiger partial charge in [0, 0.05) is 12.5 Å². The molecule has 3 aromatic carbocycles. The number of hydrogen-bond acceptors (Lipinski definition) is 5. The summed E-state index contributed by atoms with van der Waals surface area (Å²) in [6.07, 6.45) is 0. The maximum Gasteiger partial charge on any atom is 0.261 e. The normalized spacial score (nSPS) is 12.5.